The minimum atomic E-state index is -0.657. The van der Waals surface area contributed by atoms with Gasteiger partial charge in [0.15, 0.2) is 6.29 Å². The molecule has 0 amide bonds. The molecule has 0 aromatic carbocycles. The van der Waals surface area contributed by atoms with E-state index in [0.717, 1.165) is 44.6 Å². The minimum absolute atomic E-state index is 0.0934. The van der Waals surface area contributed by atoms with Gasteiger partial charge in [-0.1, -0.05) is 12.8 Å². The van der Waals surface area contributed by atoms with E-state index >= 15 is 0 Å². The van der Waals surface area contributed by atoms with E-state index in [-0.39, 0.29) is 6.29 Å². The number of hydrogen-bond donors (Lipinski definition) is 0. The zero-order chi connectivity index (χ0) is 10.5. The van der Waals surface area contributed by atoms with Crippen molar-refractivity contribution >= 4 is 10.8 Å². The Bertz CT molecular complexity index is 208. The Kier molecular flexibility index (Phi) is 4.60. The Morgan fingerprint density at radius 3 is 2.40 bits per heavy atom. The van der Waals surface area contributed by atoms with Crippen molar-refractivity contribution in [3.63, 3.8) is 0 Å². The van der Waals surface area contributed by atoms with Crippen LogP contribution in [0.25, 0.3) is 0 Å². The zero-order valence-electron chi connectivity index (χ0n) is 9.15. The predicted molar refractivity (Wildman–Crippen MR) is 60.2 cm³/mol. The highest BCUT2D eigenvalue weighted by atomic mass is 32.2. The summed E-state index contributed by atoms with van der Waals surface area (Å²) in [4.78, 5) is 0. The second-order valence-electron chi connectivity index (χ2n) is 4.30. The van der Waals surface area contributed by atoms with Crippen LogP contribution in [0.1, 0.15) is 38.5 Å². The van der Waals surface area contributed by atoms with E-state index in [2.05, 4.69) is 0 Å². The lowest BCUT2D eigenvalue weighted by Gasteiger charge is -2.23. The highest BCUT2D eigenvalue weighted by molar-refractivity contribution is 7.85. The SMILES string of the molecule is O=S(CCC1OCCCO1)C1CCCC1. The molecule has 0 bridgehead atoms. The first-order valence-electron chi connectivity index (χ1n) is 5.96. The molecule has 0 N–H and O–H groups in total. The highest BCUT2D eigenvalue weighted by Gasteiger charge is 2.23. The first kappa shape index (κ1) is 11.6. The molecule has 1 aliphatic heterocycles. The van der Waals surface area contributed by atoms with Crippen molar-refractivity contribution in [2.24, 2.45) is 0 Å². The monoisotopic (exact) mass is 232 g/mol. The fourth-order valence-electron chi connectivity index (χ4n) is 2.23. The Hall–Kier alpha value is 0.0700. The Morgan fingerprint density at radius 2 is 1.73 bits per heavy atom. The third-order valence-corrected chi connectivity index (χ3v) is 4.98. The van der Waals surface area contributed by atoms with Gasteiger partial charge in [-0.3, -0.25) is 4.21 Å². The standard InChI is InChI=1S/C11H20O3S/c12-15(10-4-1-2-5-10)9-6-11-13-7-3-8-14-11/h10-11H,1-9H2. The van der Waals surface area contributed by atoms with Crippen LogP contribution in [0.5, 0.6) is 0 Å². The second-order valence-corrected chi connectivity index (χ2v) is 6.14. The average Bonchev–Trinajstić information content (AvgIpc) is 2.81. The molecule has 4 heteroatoms. The topological polar surface area (TPSA) is 35.5 Å². The molecule has 15 heavy (non-hydrogen) atoms. The molecular formula is C11H20O3S. The molecule has 1 saturated heterocycles. The molecule has 88 valence electrons. The fraction of sp³-hybridized carbons (Fsp3) is 1.00. The molecule has 1 heterocycles. The highest BCUT2D eigenvalue weighted by Crippen LogP contribution is 2.23. The summed E-state index contributed by atoms with van der Waals surface area (Å²) < 4.78 is 22.8. The number of hydrogen-bond acceptors (Lipinski definition) is 3. The lowest BCUT2D eigenvalue weighted by atomic mass is 10.4. The first-order valence-corrected chi connectivity index (χ1v) is 7.35. The molecule has 3 nitrogen and oxygen atoms in total. The Morgan fingerprint density at radius 1 is 1.07 bits per heavy atom. The molecule has 0 spiro atoms. The molecule has 2 rings (SSSR count). The fourth-order valence-corrected chi connectivity index (χ4v) is 3.85. The van der Waals surface area contributed by atoms with Crippen molar-refractivity contribution in [2.45, 2.75) is 50.1 Å². The lowest BCUT2D eigenvalue weighted by Crippen LogP contribution is -2.27. The molecule has 2 fully saturated rings. The molecule has 0 aromatic rings. The Labute approximate surface area is 94.0 Å². The van der Waals surface area contributed by atoms with Crippen molar-refractivity contribution in [2.75, 3.05) is 19.0 Å². The van der Waals surface area contributed by atoms with Crippen molar-refractivity contribution in [1.82, 2.24) is 0 Å². The molecule has 0 radical (unpaired) electrons. The van der Waals surface area contributed by atoms with Gasteiger partial charge in [-0.25, -0.2) is 0 Å². The molecular weight excluding hydrogens is 212 g/mol. The van der Waals surface area contributed by atoms with Gasteiger partial charge in [-0.15, -0.1) is 0 Å². The third kappa shape index (κ3) is 3.54. The van der Waals surface area contributed by atoms with Crippen LogP contribution in [0.15, 0.2) is 0 Å². The lowest BCUT2D eigenvalue weighted by molar-refractivity contribution is -0.178. The van der Waals surface area contributed by atoms with E-state index in [1.807, 2.05) is 0 Å². The summed E-state index contributed by atoms with van der Waals surface area (Å²) in [6, 6.07) is 0. The Balaban J connectivity index is 1.65. The maximum Gasteiger partial charge on any atom is 0.158 e. The van der Waals surface area contributed by atoms with Gasteiger partial charge in [-0.05, 0) is 19.3 Å². The molecule has 0 aromatic heterocycles. The van der Waals surface area contributed by atoms with Crippen LogP contribution in [0, 0.1) is 0 Å². The van der Waals surface area contributed by atoms with Gasteiger partial charge in [0.05, 0.1) is 13.2 Å². The van der Waals surface area contributed by atoms with Crippen LogP contribution in [0.3, 0.4) is 0 Å². The smallest absolute Gasteiger partial charge is 0.158 e. The quantitative estimate of drug-likeness (QED) is 0.742. The zero-order valence-corrected chi connectivity index (χ0v) is 9.97. The van der Waals surface area contributed by atoms with Crippen molar-refractivity contribution in [3.05, 3.63) is 0 Å². The minimum Gasteiger partial charge on any atom is -0.353 e. The molecule has 1 aliphatic carbocycles. The van der Waals surface area contributed by atoms with Gasteiger partial charge in [0.1, 0.15) is 0 Å². The summed E-state index contributed by atoms with van der Waals surface area (Å²) in [5.41, 5.74) is 0. The summed E-state index contributed by atoms with van der Waals surface area (Å²) in [7, 11) is -0.657. The van der Waals surface area contributed by atoms with Crippen LogP contribution in [-0.2, 0) is 20.3 Å². The third-order valence-electron chi connectivity index (χ3n) is 3.12. The summed E-state index contributed by atoms with van der Waals surface area (Å²) >= 11 is 0. The summed E-state index contributed by atoms with van der Waals surface area (Å²) in [6.45, 7) is 1.58. The molecule has 1 saturated carbocycles. The van der Waals surface area contributed by atoms with Crippen LogP contribution >= 0.6 is 0 Å². The van der Waals surface area contributed by atoms with Crippen LogP contribution < -0.4 is 0 Å². The van der Waals surface area contributed by atoms with E-state index in [0.29, 0.717) is 5.25 Å². The molecule has 2 aliphatic rings. The van der Waals surface area contributed by atoms with E-state index in [1.54, 1.807) is 0 Å². The maximum absolute atomic E-state index is 11.9. The molecule has 1 unspecified atom stereocenters. The van der Waals surface area contributed by atoms with Gasteiger partial charge in [0.2, 0.25) is 0 Å². The molecule has 1 atom stereocenters. The van der Waals surface area contributed by atoms with Crippen molar-refractivity contribution in [1.29, 1.82) is 0 Å². The summed E-state index contributed by atoms with van der Waals surface area (Å²) in [6.07, 6.45) is 6.51. The first-order chi connectivity index (χ1) is 7.36. The van der Waals surface area contributed by atoms with Gasteiger partial charge in [0, 0.05) is 28.2 Å². The van der Waals surface area contributed by atoms with E-state index < -0.39 is 10.8 Å². The summed E-state index contributed by atoms with van der Waals surface area (Å²) in [5.74, 6) is 0.745. The van der Waals surface area contributed by atoms with Crippen molar-refractivity contribution < 1.29 is 13.7 Å². The van der Waals surface area contributed by atoms with E-state index in [4.69, 9.17) is 9.47 Å². The van der Waals surface area contributed by atoms with Crippen molar-refractivity contribution in [3.8, 4) is 0 Å². The average molecular weight is 232 g/mol. The van der Waals surface area contributed by atoms with Crippen LogP contribution in [0.2, 0.25) is 0 Å². The predicted octanol–water partition coefficient (Wildman–Crippen LogP) is 1.83. The van der Waals surface area contributed by atoms with Gasteiger partial charge in [0.25, 0.3) is 0 Å². The second kappa shape index (κ2) is 5.97. The van der Waals surface area contributed by atoms with Crippen LogP contribution in [0.4, 0.5) is 0 Å². The van der Waals surface area contributed by atoms with E-state index in [9.17, 15) is 4.21 Å². The normalized spacial score (nSPS) is 26.9. The number of ether oxygens (including phenoxy) is 2. The van der Waals surface area contributed by atoms with Gasteiger partial charge >= 0.3 is 0 Å². The largest absolute Gasteiger partial charge is 0.353 e. The maximum atomic E-state index is 11.9. The van der Waals surface area contributed by atoms with Gasteiger partial charge in [-0.2, -0.15) is 0 Å². The summed E-state index contributed by atoms with van der Waals surface area (Å²) in [5, 5.41) is 0.452. The van der Waals surface area contributed by atoms with E-state index in [1.165, 1.54) is 12.8 Å². The van der Waals surface area contributed by atoms with Crippen LogP contribution in [-0.4, -0.2) is 34.7 Å². The van der Waals surface area contributed by atoms with Gasteiger partial charge < -0.3 is 9.47 Å². The number of rotatable bonds is 4.